The maximum atomic E-state index is 12.3. The molecule has 0 aliphatic heterocycles. The summed E-state index contributed by atoms with van der Waals surface area (Å²) in [6, 6.07) is 0.947. The third-order valence-electron chi connectivity index (χ3n) is 2.45. The van der Waals surface area contributed by atoms with Gasteiger partial charge in [0.1, 0.15) is 6.04 Å². The lowest BCUT2D eigenvalue weighted by Gasteiger charge is -2.27. The highest BCUT2D eigenvalue weighted by atomic mass is 32.2. The maximum absolute atomic E-state index is 12.3. The van der Waals surface area contributed by atoms with Crippen molar-refractivity contribution in [2.45, 2.75) is 35.8 Å². The molecular formula is C11H13F3N2O2S. The molecule has 4 nitrogen and oxygen atoms in total. The summed E-state index contributed by atoms with van der Waals surface area (Å²) in [6.45, 7) is 3.19. The second kappa shape index (κ2) is 5.38. The molecule has 106 valence electrons. The first-order chi connectivity index (χ1) is 8.54. The number of rotatable bonds is 4. The van der Waals surface area contributed by atoms with Crippen LogP contribution in [0.3, 0.4) is 0 Å². The molecule has 1 aromatic rings. The van der Waals surface area contributed by atoms with E-state index in [0.717, 1.165) is 17.8 Å². The fourth-order valence-corrected chi connectivity index (χ4v) is 2.25. The first-order valence-corrected chi connectivity index (χ1v) is 6.06. The van der Waals surface area contributed by atoms with Gasteiger partial charge in [0.2, 0.25) is 0 Å². The van der Waals surface area contributed by atoms with E-state index in [2.05, 4.69) is 4.98 Å². The summed E-state index contributed by atoms with van der Waals surface area (Å²) in [5.41, 5.74) is 4.66. The fourth-order valence-electron chi connectivity index (χ4n) is 1.24. The van der Waals surface area contributed by atoms with E-state index in [1.165, 1.54) is 6.07 Å². The highest BCUT2D eigenvalue weighted by molar-refractivity contribution is 8.00. The van der Waals surface area contributed by atoms with E-state index in [1.54, 1.807) is 13.8 Å². The summed E-state index contributed by atoms with van der Waals surface area (Å²) in [5.74, 6) is -1.18. The Morgan fingerprint density at radius 3 is 2.37 bits per heavy atom. The van der Waals surface area contributed by atoms with E-state index in [1.807, 2.05) is 0 Å². The SMILES string of the molecule is CC(C)(Sc1ccc(C(F)(F)F)cn1)C(N)C(=O)O. The zero-order valence-corrected chi connectivity index (χ0v) is 11.0. The van der Waals surface area contributed by atoms with Gasteiger partial charge in [-0.05, 0) is 26.0 Å². The van der Waals surface area contributed by atoms with E-state index in [-0.39, 0.29) is 5.03 Å². The monoisotopic (exact) mass is 294 g/mol. The van der Waals surface area contributed by atoms with Crippen LogP contribution >= 0.6 is 11.8 Å². The van der Waals surface area contributed by atoms with Gasteiger partial charge in [-0.1, -0.05) is 11.8 Å². The van der Waals surface area contributed by atoms with Gasteiger partial charge in [-0.25, -0.2) is 4.98 Å². The zero-order valence-electron chi connectivity index (χ0n) is 10.2. The van der Waals surface area contributed by atoms with Crippen molar-refractivity contribution in [3.05, 3.63) is 23.9 Å². The molecule has 0 saturated heterocycles. The molecule has 0 aromatic carbocycles. The zero-order chi connectivity index (χ0) is 14.8. The number of nitrogens with zero attached hydrogens (tertiary/aromatic N) is 1. The number of thioether (sulfide) groups is 1. The molecule has 19 heavy (non-hydrogen) atoms. The number of halogens is 3. The van der Waals surface area contributed by atoms with Crippen molar-refractivity contribution in [2.75, 3.05) is 0 Å². The standard InChI is InChI=1S/C11H13F3N2O2S/c1-10(2,8(15)9(17)18)19-7-4-3-6(5-16-7)11(12,13)14/h3-5,8H,15H2,1-2H3,(H,17,18). The van der Waals surface area contributed by atoms with Crippen molar-refractivity contribution < 1.29 is 23.1 Å². The predicted octanol–water partition coefficient (Wildman–Crippen LogP) is 2.38. The Kier molecular flexibility index (Phi) is 4.46. The van der Waals surface area contributed by atoms with Crippen LogP contribution in [0.25, 0.3) is 0 Å². The molecular weight excluding hydrogens is 281 g/mol. The Morgan fingerprint density at radius 1 is 1.42 bits per heavy atom. The molecule has 1 atom stereocenters. The minimum absolute atomic E-state index is 0.287. The molecule has 0 aliphatic carbocycles. The number of hydrogen-bond donors (Lipinski definition) is 2. The van der Waals surface area contributed by atoms with E-state index >= 15 is 0 Å². The number of aromatic nitrogens is 1. The minimum atomic E-state index is -4.44. The third-order valence-corrected chi connectivity index (χ3v) is 3.68. The highest BCUT2D eigenvalue weighted by Crippen LogP contribution is 2.35. The first kappa shape index (κ1) is 15.8. The van der Waals surface area contributed by atoms with Crippen LogP contribution in [-0.2, 0) is 11.0 Å². The molecule has 1 aromatic heterocycles. The Labute approximate surface area is 112 Å². The van der Waals surface area contributed by atoms with Gasteiger partial charge in [0, 0.05) is 10.9 Å². The normalized spacial score (nSPS) is 14.2. The number of alkyl halides is 3. The molecule has 0 fully saturated rings. The van der Waals surface area contributed by atoms with Gasteiger partial charge in [0.25, 0.3) is 0 Å². The van der Waals surface area contributed by atoms with E-state index in [0.29, 0.717) is 6.20 Å². The predicted molar refractivity (Wildman–Crippen MR) is 64.8 cm³/mol. The molecule has 3 N–H and O–H groups in total. The molecule has 1 unspecified atom stereocenters. The molecule has 1 rings (SSSR count). The summed E-state index contributed by atoms with van der Waals surface area (Å²) in [4.78, 5) is 14.5. The smallest absolute Gasteiger partial charge is 0.417 e. The minimum Gasteiger partial charge on any atom is -0.480 e. The molecule has 0 amide bonds. The molecule has 0 bridgehead atoms. The number of aliphatic carboxylic acids is 1. The van der Waals surface area contributed by atoms with Crippen LogP contribution in [0.2, 0.25) is 0 Å². The number of carboxylic acid groups (broad SMARTS) is 1. The summed E-state index contributed by atoms with van der Waals surface area (Å²) in [7, 11) is 0. The van der Waals surface area contributed by atoms with E-state index < -0.39 is 28.5 Å². The lowest BCUT2D eigenvalue weighted by Crippen LogP contribution is -2.46. The van der Waals surface area contributed by atoms with Crippen LogP contribution in [0.4, 0.5) is 13.2 Å². The molecule has 1 heterocycles. The number of pyridine rings is 1. The van der Waals surface area contributed by atoms with Crippen molar-refractivity contribution in [1.29, 1.82) is 0 Å². The topological polar surface area (TPSA) is 76.2 Å². The third kappa shape index (κ3) is 4.10. The van der Waals surface area contributed by atoms with Crippen molar-refractivity contribution in [1.82, 2.24) is 4.98 Å². The Balaban J connectivity index is 2.86. The van der Waals surface area contributed by atoms with Crippen LogP contribution in [0.1, 0.15) is 19.4 Å². The molecule has 0 radical (unpaired) electrons. The molecule has 0 aliphatic rings. The Hall–Kier alpha value is -1.28. The van der Waals surface area contributed by atoms with Gasteiger partial charge >= 0.3 is 12.1 Å². The van der Waals surface area contributed by atoms with Gasteiger partial charge in [0.05, 0.1) is 10.6 Å². The molecule has 0 spiro atoms. The van der Waals surface area contributed by atoms with Gasteiger partial charge < -0.3 is 10.8 Å². The van der Waals surface area contributed by atoms with Crippen molar-refractivity contribution >= 4 is 17.7 Å². The van der Waals surface area contributed by atoms with Crippen LogP contribution in [0, 0.1) is 0 Å². The summed E-state index contributed by atoms with van der Waals surface area (Å²) >= 11 is 1.02. The van der Waals surface area contributed by atoms with E-state index in [4.69, 9.17) is 10.8 Å². The van der Waals surface area contributed by atoms with Crippen LogP contribution in [0.5, 0.6) is 0 Å². The number of carboxylic acids is 1. The maximum Gasteiger partial charge on any atom is 0.417 e. The van der Waals surface area contributed by atoms with Crippen molar-refractivity contribution in [3.8, 4) is 0 Å². The summed E-state index contributed by atoms with van der Waals surface area (Å²) < 4.78 is 36.2. The quantitative estimate of drug-likeness (QED) is 0.834. The number of hydrogen-bond acceptors (Lipinski definition) is 4. The number of carbonyl (C=O) groups is 1. The summed E-state index contributed by atoms with van der Waals surface area (Å²) in [6.07, 6.45) is -3.73. The number of nitrogens with two attached hydrogens (primary N) is 1. The highest BCUT2D eigenvalue weighted by Gasteiger charge is 2.34. The molecule has 8 heteroatoms. The Bertz CT molecular complexity index is 460. The lowest BCUT2D eigenvalue weighted by atomic mass is 10.1. The summed E-state index contributed by atoms with van der Waals surface area (Å²) in [5, 5.41) is 9.13. The second-order valence-corrected chi connectivity index (χ2v) is 6.08. The largest absolute Gasteiger partial charge is 0.480 e. The van der Waals surface area contributed by atoms with Crippen LogP contribution in [0.15, 0.2) is 23.4 Å². The van der Waals surface area contributed by atoms with Gasteiger partial charge in [0.15, 0.2) is 0 Å². The van der Waals surface area contributed by atoms with Crippen LogP contribution in [-0.4, -0.2) is 26.8 Å². The van der Waals surface area contributed by atoms with Crippen molar-refractivity contribution in [2.24, 2.45) is 5.73 Å². The van der Waals surface area contributed by atoms with Gasteiger partial charge in [-0.3, -0.25) is 4.79 Å². The van der Waals surface area contributed by atoms with Gasteiger partial charge in [-0.15, -0.1) is 0 Å². The van der Waals surface area contributed by atoms with Crippen molar-refractivity contribution in [3.63, 3.8) is 0 Å². The van der Waals surface area contributed by atoms with Crippen LogP contribution < -0.4 is 5.73 Å². The Morgan fingerprint density at radius 2 is 2.00 bits per heavy atom. The fraction of sp³-hybridized carbons (Fsp3) is 0.455. The average molecular weight is 294 g/mol. The molecule has 0 saturated carbocycles. The second-order valence-electron chi connectivity index (χ2n) is 4.40. The first-order valence-electron chi connectivity index (χ1n) is 5.24. The van der Waals surface area contributed by atoms with E-state index in [9.17, 15) is 18.0 Å². The lowest BCUT2D eigenvalue weighted by molar-refractivity contribution is -0.139. The average Bonchev–Trinajstić information content (AvgIpc) is 2.26. The van der Waals surface area contributed by atoms with Gasteiger partial charge in [-0.2, -0.15) is 13.2 Å².